The van der Waals surface area contributed by atoms with Crippen LogP contribution in [0.25, 0.3) is 0 Å². The first kappa shape index (κ1) is 16.0. The number of thiazole rings is 1. The molecule has 5 nitrogen and oxygen atoms in total. The summed E-state index contributed by atoms with van der Waals surface area (Å²) in [5.41, 5.74) is 1.32. The lowest BCUT2D eigenvalue weighted by Crippen LogP contribution is -2.40. The van der Waals surface area contributed by atoms with E-state index in [0.717, 1.165) is 24.4 Å². The van der Waals surface area contributed by atoms with Gasteiger partial charge in [0.05, 0.1) is 0 Å². The number of carbonyl (C=O) groups is 1. The van der Waals surface area contributed by atoms with Crippen molar-refractivity contribution < 1.29 is 4.79 Å². The molecule has 0 spiro atoms. The van der Waals surface area contributed by atoms with E-state index in [4.69, 9.17) is 0 Å². The molecule has 1 aliphatic rings. The van der Waals surface area contributed by atoms with Crippen LogP contribution in [0.1, 0.15) is 29.8 Å². The summed E-state index contributed by atoms with van der Waals surface area (Å²) in [5.74, 6) is 0. The smallest absolute Gasteiger partial charge is 0.321 e. The highest BCUT2D eigenvalue weighted by Crippen LogP contribution is 2.24. The van der Waals surface area contributed by atoms with Crippen LogP contribution in [-0.4, -0.2) is 35.0 Å². The summed E-state index contributed by atoms with van der Waals surface area (Å²) < 4.78 is 0. The molecule has 0 aliphatic carbocycles. The van der Waals surface area contributed by atoms with Gasteiger partial charge < -0.3 is 5.32 Å². The normalized spacial score (nSPS) is 19.5. The zero-order valence-electron chi connectivity index (χ0n) is 13.5. The highest BCUT2D eigenvalue weighted by Gasteiger charge is 2.27. The van der Waals surface area contributed by atoms with E-state index >= 15 is 0 Å². The van der Waals surface area contributed by atoms with E-state index in [2.05, 4.69) is 51.7 Å². The van der Waals surface area contributed by atoms with Gasteiger partial charge >= 0.3 is 6.03 Å². The van der Waals surface area contributed by atoms with Gasteiger partial charge in [-0.25, -0.2) is 9.78 Å². The number of benzene rings is 1. The van der Waals surface area contributed by atoms with Crippen molar-refractivity contribution in [1.82, 2.24) is 15.2 Å². The van der Waals surface area contributed by atoms with E-state index in [1.165, 1.54) is 16.9 Å². The summed E-state index contributed by atoms with van der Waals surface area (Å²) in [6.45, 7) is 6.06. The number of hydrogen-bond acceptors (Lipinski definition) is 4. The molecular formula is C17H22N4OS. The second-order valence-electron chi connectivity index (χ2n) is 5.94. The fourth-order valence-corrected chi connectivity index (χ4v) is 3.59. The molecule has 1 aliphatic heterocycles. The summed E-state index contributed by atoms with van der Waals surface area (Å²) in [5, 5.41) is 6.50. The SMILES string of the molecule is Cc1cnc(NC(=O)NC2CCN(C(C)c3ccccc3)C2)s1. The van der Waals surface area contributed by atoms with Crippen molar-refractivity contribution in [2.24, 2.45) is 0 Å². The fraction of sp³-hybridized carbons (Fsp3) is 0.412. The van der Waals surface area contributed by atoms with Crippen LogP contribution in [-0.2, 0) is 0 Å². The average molecular weight is 330 g/mol. The molecule has 1 fully saturated rings. The van der Waals surface area contributed by atoms with Crippen molar-refractivity contribution in [3.8, 4) is 0 Å². The summed E-state index contributed by atoms with van der Waals surface area (Å²) in [4.78, 5) is 19.7. The lowest BCUT2D eigenvalue weighted by Gasteiger charge is -2.24. The van der Waals surface area contributed by atoms with Crippen molar-refractivity contribution in [2.75, 3.05) is 18.4 Å². The zero-order valence-corrected chi connectivity index (χ0v) is 14.3. The number of anilines is 1. The van der Waals surface area contributed by atoms with E-state index in [-0.39, 0.29) is 12.1 Å². The molecule has 1 saturated heterocycles. The number of aryl methyl sites for hydroxylation is 1. The maximum absolute atomic E-state index is 12.1. The summed E-state index contributed by atoms with van der Waals surface area (Å²) in [7, 11) is 0. The van der Waals surface area contributed by atoms with Crippen molar-refractivity contribution in [1.29, 1.82) is 0 Å². The van der Waals surface area contributed by atoms with E-state index in [9.17, 15) is 4.79 Å². The van der Waals surface area contributed by atoms with Gasteiger partial charge in [-0.05, 0) is 25.8 Å². The molecule has 6 heteroatoms. The molecule has 0 bridgehead atoms. The number of carbonyl (C=O) groups excluding carboxylic acids is 1. The van der Waals surface area contributed by atoms with Gasteiger partial charge in [0, 0.05) is 36.2 Å². The molecule has 2 unspecified atom stereocenters. The monoisotopic (exact) mass is 330 g/mol. The summed E-state index contributed by atoms with van der Waals surface area (Å²) in [6.07, 6.45) is 2.74. The van der Waals surface area contributed by atoms with Crippen molar-refractivity contribution >= 4 is 22.5 Å². The Morgan fingerprint density at radius 3 is 2.87 bits per heavy atom. The van der Waals surface area contributed by atoms with Crippen LogP contribution in [0, 0.1) is 6.92 Å². The van der Waals surface area contributed by atoms with Crippen LogP contribution in [0.4, 0.5) is 9.93 Å². The van der Waals surface area contributed by atoms with Crippen molar-refractivity contribution in [2.45, 2.75) is 32.4 Å². The third kappa shape index (κ3) is 4.09. The number of hydrogen-bond donors (Lipinski definition) is 2. The van der Waals surface area contributed by atoms with Gasteiger partial charge in [0.15, 0.2) is 5.13 Å². The molecule has 2 heterocycles. The number of aromatic nitrogens is 1. The second-order valence-corrected chi connectivity index (χ2v) is 7.18. The minimum absolute atomic E-state index is 0.168. The molecule has 3 rings (SSSR count). The molecular weight excluding hydrogens is 308 g/mol. The first-order valence-electron chi connectivity index (χ1n) is 7.91. The van der Waals surface area contributed by atoms with Gasteiger partial charge in [-0.15, -0.1) is 11.3 Å². The Morgan fingerprint density at radius 2 is 2.17 bits per heavy atom. The first-order valence-corrected chi connectivity index (χ1v) is 8.72. The molecule has 2 N–H and O–H groups in total. The topological polar surface area (TPSA) is 57.3 Å². The van der Waals surface area contributed by atoms with Crippen LogP contribution in [0.15, 0.2) is 36.5 Å². The van der Waals surface area contributed by atoms with E-state index in [1.54, 1.807) is 6.20 Å². The largest absolute Gasteiger partial charge is 0.334 e. The van der Waals surface area contributed by atoms with Crippen LogP contribution in [0.5, 0.6) is 0 Å². The highest BCUT2D eigenvalue weighted by molar-refractivity contribution is 7.15. The van der Waals surface area contributed by atoms with Gasteiger partial charge in [-0.3, -0.25) is 10.2 Å². The van der Waals surface area contributed by atoms with Crippen LogP contribution in [0.2, 0.25) is 0 Å². The molecule has 2 amide bonds. The van der Waals surface area contributed by atoms with Gasteiger partial charge in [-0.1, -0.05) is 30.3 Å². The van der Waals surface area contributed by atoms with Crippen LogP contribution in [0.3, 0.4) is 0 Å². The molecule has 122 valence electrons. The standard InChI is InChI=1S/C17H22N4OS/c1-12-10-18-17(23-12)20-16(22)19-15-8-9-21(11-15)13(2)14-6-4-3-5-7-14/h3-7,10,13,15H,8-9,11H2,1-2H3,(H2,18,19,20,22). The Labute approximate surface area is 140 Å². The van der Waals surface area contributed by atoms with Gasteiger partial charge in [0.1, 0.15) is 0 Å². The number of rotatable bonds is 4. The Morgan fingerprint density at radius 1 is 1.39 bits per heavy atom. The molecule has 1 aromatic carbocycles. The lowest BCUT2D eigenvalue weighted by molar-refractivity contribution is 0.241. The quantitative estimate of drug-likeness (QED) is 0.903. The minimum atomic E-state index is -0.168. The number of amides is 2. The maximum atomic E-state index is 12.1. The molecule has 0 radical (unpaired) electrons. The van der Waals surface area contributed by atoms with Crippen molar-refractivity contribution in [3.63, 3.8) is 0 Å². The Balaban J connectivity index is 1.50. The average Bonchev–Trinajstić information content (AvgIpc) is 3.16. The third-order valence-electron chi connectivity index (χ3n) is 4.23. The minimum Gasteiger partial charge on any atom is -0.334 e. The second kappa shape index (κ2) is 7.10. The third-order valence-corrected chi connectivity index (χ3v) is 5.05. The first-order chi connectivity index (χ1) is 11.1. The molecule has 2 atom stereocenters. The molecule has 1 aromatic heterocycles. The van der Waals surface area contributed by atoms with Crippen LogP contribution < -0.4 is 10.6 Å². The maximum Gasteiger partial charge on any atom is 0.321 e. The summed E-state index contributed by atoms with van der Waals surface area (Å²) >= 11 is 1.48. The Kier molecular flexibility index (Phi) is 4.93. The Bertz CT molecular complexity index is 658. The zero-order chi connectivity index (χ0) is 16.2. The lowest BCUT2D eigenvalue weighted by atomic mass is 10.1. The van der Waals surface area contributed by atoms with Crippen molar-refractivity contribution in [3.05, 3.63) is 47.0 Å². The molecule has 2 aromatic rings. The number of nitrogens with one attached hydrogen (secondary N) is 2. The molecule has 23 heavy (non-hydrogen) atoms. The highest BCUT2D eigenvalue weighted by atomic mass is 32.1. The van der Waals surface area contributed by atoms with Gasteiger partial charge in [0.25, 0.3) is 0 Å². The predicted octanol–water partition coefficient (Wildman–Crippen LogP) is 3.41. The predicted molar refractivity (Wildman–Crippen MR) is 93.8 cm³/mol. The van der Waals surface area contributed by atoms with E-state index in [0.29, 0.717) is 11.2 Å². The summed E-state index contributed by atoms with van der Waals surface area (Å²) in [6, 6.07) is 10.9. The van der Waals surface area contributed by atoms with E-state index < -0.39 is 0 Å². The number of nitrogens with zero attached hydrogens (tertiary/aromatic N) is 2. The van der Waals surface area contributed by atoms with Gasteiger partial charge in [-0.2, -0.15) is 0 Å². The Hall–Kier alpha value is -1.92. The fourth-order valence-electron chi connectivity index (χ4n) is 2.93. The number of likely N-dealkylation sites (tertiary alicyclic amines) is 1. The number of urea groups is 1. The van der Waals surface area contributed by atoms with Crippen LogP contribution >= 0.6 is 11.3 Å². The van der Waals surface area contributed by atoms with Gasteiger partial charge in [0.2, 0.25) is 0 Å². The van der Waals surface area contributed by atoms with E-state index in [1.807, 2.05) is 13.0 Å². The molecule has 0 saturated carbocycles.